The van der Waals surface area contributed by atoms with E-state index in [1.165, 1.54) is 6.07 Å². The average molecular weight is 751 g/mol. The smallest absolute Gasteiger partial charge is 0.320 e. The number of fused-ring (bicyclic) bond motifs is 8. The van der Waals surface area contributed by atoms with E-state index < -0.39 is 24.0 Å². The fraction of sp³-hybridized carbons (Fsp3) is 0.500. The Hall–Kier alpha value is -4.64. The highest BCUT2D eigenvalue weighted by molar-refractivity contribution is 6.18. The monoisotopic (exact) mass is 750 g/mol. The molecule has 5 aliphatic rings. The van der Waals surface area contributed by atoms with Crippen LogP contribution in [0.1, 0.15) is 50.5 Å². The highest BCUT2D eigenvalue weighted by Crippen LogP contribution is 2.47. The van der Waals surface area contributed by atoms with Crippen molar-refractivity contribution >= 4 is 44.1 Å². The highest BCUT2D eigenvalue weighted by atomic mass is 19.1. The number of anilines is 2. The van der Waals surface area contributed by atoms with Crippen molar-refractivity contribution in [2.45, 2.75) is 75.5 Å². The van der Waals surface area contributed by atoms with Crippen LogP contribution in [0.15, 0.2) is 30.5 Å². The standard InChI is InChI=1S/C42H45F3N8O2/c1-4-30-33(44)10-7-23-15-26(46)16-31(34(23)30)35-37(45)39-36(32-20-50(2)49-38(32)35)40(48-42(47-39)55-41-24-6-5-11-51(41)17-25(43)14-24)53-27-8-9-28(53)19-52(18-27)29-12-22(13-29)21-54-3/h1,7,10,15-16,20,22,24-25,27-29,41H,5-6,8-9,11-14,17-19,21,46H2,2-3H3/t22?,24-,25-,27?,28?,29?,41?/m1/s1. The van der Waals surface area contributed by atoms with Gasteiger partial charge in [0.25, 0.3) is 0 Å². The van der Waals surface area contributed by atoms with Crippen molar-refractivity contribution in [3.8, 4) is 29.5 Å². The van der Waals surface area contributed by atoms with Crippen LogP contribution in [0.2, 0.25) is 0 Å². The summed E-state index contributed by atoms with van der Waals surface area (Å²) in [4.78, 5) is 17.1. The normalized spacial score (nSPS) is 29.2. The molecule has 10 rings (SSSR count). The van der Waals surface area contributed by atoms with Gasteiger partial charge in [-0.25, -0.2) is 13.2 Å². The molecule has 2 aromatic heterocycles. The second-order valence-electron chi connectivity index (χ2n) is 16.5. The number of methoxy groups -OCH3 is 1. The number of likely N-dealkylation sites (tertiary alicyclic amines) is 1. The van der Waals surface area contributed by atoms with Crippen LogP contribution < -0.4 is 15.4 Å². The number of terminal acetylenes is 1. The number of aryl methyl sites for hydroxylation is 1. The molecule has 286 valence electrons. The number of piperazine rings is 1. The number of ether oxygens (including phenoxy) is 2. The third-order valence-electron chi connectivity index (χ3n) is 13.0. The number of hydrogen-bond donors (Lipinski definition) is 1. The molecule has 0 amide bonds. The number of hydrogen-bond acceptors (Lipinski definition) is 9. The lowest BCUT2D eigenvalue weighted by Crippen LogP contribution is -2.59. The molecule has 0 radical (unpaired) electrons. The van der Waals surface area contributed by atoms with E-state index in [4.69, 9.17) is 36.7 Å². The molecule has 4 saturated heterocycles. The summed E-state index contributed by atoms with van der Waals surface area (Å²) >= 11 is 0. The highest BCUT2D eigenvalue weighted by Gasteiger charge is 2.47. The maximum absolute atomic E-state index is 17.9. The van der Waals surface area contributed by atoms with Crippen LogP contribution in [0.4, 0.5) is 24.7 Å². The lowest BCUT2D eigenvalue weighted by molar-refractivity contribution is -0.0989. The Labute approximate surface area is 317 Å². The minimum absolute atomic E-state index is 0.0157. The zero-order valence-corrected chi connectivity index (χ0v) is 31.1. The van der Waals surface area contributed by atoms with Crippen LogP contribution >= 0.6 is 0 Å². The van der Waals surface area contributed by atoms with Gasteiger partial charge in [0.05, 0.1) is 10.9 Å². The van der Waals surface area contributed by atoms with Crippen LogP contribution in [-0.4, -0.2) is 100.0 Å². The predicted octanol–water partition coefficient (Wildman–Crippen LogP) is 6.42. The SMILES string of the molecule is C#Cc1c(F)ccc2cc(N)cc(-c3c(F)c4nc(OC5[C@@H]6CCCN5C[C@H](F)C6)nc(N5C6CCC5CN(C5CC(COC)C5)C6)c4c4cn(C)nc34)c12. The van der Waals surface area contributed by atoms with Gasteiger partial charge in [0.2, 0.25) is 0 Å². The number of halogens is 3. The topological polar surface area (TPSA) is 97.8 Å². The van der Waals surface area contributed by atoms with Gasteiger partial charge in [-0.2, -0.15) is 15.1 Å². The fourth-order valence-corrected chi connectivity index (χ4v) is 10.6. The molecule has 1 aliphatic carbocycles. The molecule has 5 fully saturated rings. The number of benzene rings is 3. The Morgan fingerprint density at radius 3 is 2.51 bits per heavy atom. The zero-order valence-electron chi connectivity index (χ0n) is 31.1. The molecule has 3 aromatic carbocycles. The molecule has 4 unspecified atom stereocenters. The van der Waals surface area contributed by atoms with Crippen molar-refractivity contribution in [1.29, 1.82) is 0 Å². The summed E-state index contributed by atoms with van der Waals surface area (Å²) < 4.78 is 61.8. The number of rotatable bonds is 7. The van der Waals surface area contributed by atoms with Crippen molar-refractivity contribution in [1.82, 2.24) is 29.5 Å². The predicted molar refractivity (Wildman–Crippen MR) is 206 cm³/mol. The van der Waals surface area contributed by atoms with Gasteiger partial charge < -0.3 is 20.1 Å². The van der Waals surface area contributed by atoms with E-state index in [-0.39, 0.29) is 47.2 Å². The minimum atomic E-state index is -0.921. The molecule has 13 heteroatoms. The summed E-state index contributed by atoms with van der Waals surface area (Å²) in [7, 11) is 3.56. The second kappa shape index (κ2) is 13.2. The van der Waals surface area contributed by atoms with E-state index in [0.29, 0.717) is 69.1 Å². The fourth-order valence-electron chi connectivity index (χ4n) is 10.6. The first-order valence-corrected chi connectivity index (χ1v) is 19.6. The van der Waals surface area contributed by atoms with Crippen molar-refractivity contribution in [3.05, 3.63) is 47.7 Å². The summed E-state index contributed by atoms with van der Waals surface area (Å²) in [6, 6.07) is 7.13. The largest absolute Gasteiger partial charge is 0.444 e. The van der Waals surface area contributed by atoms with Gasteiger partial charge in [-0.3, -0.25) is 14.5 Å². The van der Waals surface area contributed by atoms with Crippen LogP contribution in [0.5, 0.6) is 6.01 Å². The molecule has 4 aliphatic heterocycles. The van der Waals surface area contributed by atoms with E-state index in [0.717, 1.165) is 58.2 Å². The van der Waals surface area contributed by atoms with Crippen LogP contribution in [0.3, 0.4) is 0 Å². The molecule has 6 atom stereocenters. The maximum atomic E-state index is 17.9. The summed E-state index contributed by atoms with van der Waals surface area (Å²) in [6.07, 6.45) is 12.9. The minimum Gasteiger partial charge on any atom is -0.444 e. The molecule has 10 nitrogen and oxygen atoms in total. The molecular formula is C42H45F3N8O2. The van der Waals surface area contributed by atoms with E-state index in [9.17, 15) is 4.39 Å². The Morgan fingerprint density at radius 2 is 1.76 bits per heavy atom. The van der Waals surface area contributed by atoms with E-state index in [2.05, 4.69) is 15.7 Å². The number of aromatic nitrogens is 4. The summed E-state index contributed by atoms with van der Waals surface area (Å²) in [5, 5.41) is 6.98. The van der Waals surface area contributed by atoms with E-state index in [1.807, 2.05) is 11.1 Å². The van der Waals surface area contributed by atoms with Crippen LogP contribution in [0.25, 0.3) is 43.7 Å². The van der Waals surface area contributed by atoms with Gasteiger partial charge in [0.15, 0.2) is 12.0 Å². The van der Waals surface area contributed by atoms with Gasteiger partial charge in [-0.1, -0.05) is 12.0 Å². The molecule has 2 N–H and O–H groups in total. The number of nitrogen functional groups attached to an aromatic ring is 1. The van der Waals surface area contributed by atoms with Crippen molar-refractivity contribution < 1.29 is 22.6 Å². The average Bonchev–Trinajstić information content (AvgIpc) is 3.64. The number of nitrogens with two attached hydrogens (primary N) is 1. The Morgan fingerprint density at radius 1 is 0.964 bits per heavy atom. The van der Waals surface area contributed by atoms with Crippen molar-refractivity contribution in [3.63, 3.8) is 0 Å². The van der Waals surface area contributed by atoms with Gasteiger partial charge >= 0.3 is 6.01 Å². The lowest BCUT2D eigenvalue weighted by Gasteiger charge is -2.49. The third kappa shape index (κ3) is 5.62. The summed E-state index contributed by atoms with van der Waals surface area (Å²) in [5.74, 6) is 2.45. The van der Waals surface area contributed by atoms with E-state index in [1.54, 1.807) is 37.0 Å². The Kier molecular flexibility index (Phi) is 8.39. The van der Waals surface area contributed by atoms with Gasteiger partial charge in [-0.05, 0) is 80.0 Å². The quantitative estimate of drug-likeness (QED) is 0.150. The molecule has 55 heavy (non-hydrogen) atoms. The molecule has 0 spiro atoms. The first-order valence-electron chi connectivity index (χ1n) is 19.6. The maximum Gasteiger partial charge on any atom is 0.320 e. The van der Waals surface area contributed by atoms with Gasteiger partial charge in [0, 0.05) is 99.2 Å². The zero-order chi connectivity index (χ0) is 37.7. The lowest BCUT2D eigenvalue weighted by atomic mass is 9.79. The number of piperidine rings is 2. The summed E-state index contributed by atoms with van der Waals surface area (Å²) in [6.45, 7) is 3.55. The Bertz CT molecular complexity index is 2360. The summed E-state index contributed by atoms with van der Waals surface area (Å²) in [5.41, 5.74) is 7.71. The van der Waals surface area contributed by atoms with Crippen molar-refractivity contribution in [2.75, 3.05) is 50.5 Å². The van der Waals surface area contributed by atoms with Crippen molar-refractivity contribution in [2.24, 2.45) is 18.9 Å². The third-order valence-corrected chi connectivity index (χ3v) is 13.0. The van der Waals surface area contributed by atoms with Gasteiger partial charge in [0.1, 0.15) is 28.8 Å². The molecule has 6 heterocycles. The Balaban J connectivity index is 1.17. The number of nitrogens with zero attached hydrogens (tertiary/aromatic N) is 7. The first-order chi connectivity index (χ1) is 26.7. The van der Waals surface area contributed by atoms with Gasteiger partial charge in [-0.15, -0.1) is 6.42 Å². The van der Waals surface area contributed by atoms with E-state index >= 15 is 8.78 Å². The number of alkyl halides is 1. The molecular weight excluding hydrogens is 706 g/mol. The first kappa shape index (κ1) is 34.8. The van der Waals surface area contributed by atoms with Crippen LogP contribution in [-0.2, 0) is 11.8 Å². The molecule has 5 aromatic rings. The molecule has 1 saturated carbocycles. The van der Waals surface area contributed by atoms with Crippen LogP contribution in [0, 0.1) is 35.8 Å². The molecule has 4 bridgehead atoms. The second-order valence-corrected chi connectivity index (χ2v) is 16.5.